The molecule has 0 radical (unpaired) electrons. The predicted molar refractivity (Wildman–Crippen MR) is 119 cm³/mol. The summed E-state index contributed by atoms with van der Waals surface area (Å²) in [5.41, 5.74) is 2.34. The minimum absolute atomic E-state index is 0.0363. The van der Waals surface area contributed by atoms with Crippen molar-refractivity contribution in [3.63, 3.8) is 0 Å². The first-order chi connectivity index (χ1) is 14.4. The molecule has 1 aliphatic heterocycles. The molecule has 0 unspecified atom stereocenters. The molecule has 1 N–H and O–H groups in total. The maximum Gasteiger partial charge on any atom is 0.217 e. The normalized spacial score (nSPS) is 27.0. The van der Waals surface area contributed by atoms with Crippen molar-refractivity contribution in [3.8, 4) is 0 Å². The van der Waals surface area contributed by atoms with E-state index in [4.69, 9.17) is 9.72 Å². The summed E-state index contributed by atoms with van der Waals surface area (Å²) in [6.45, 7) is 10.2. The van der Waals surface area contributed by atoms with Gasteiger partial charge in [-0.15, -0.1) is 0 Å². The zero-order valence-corrected chi connectivity index (χ0v) is 18.8. The molecular formula is C24H36N4O2. The van der Waals surface area contributed by atoms with Crippen LogP contribution in [0.1, 0.15) is 45.9 Å². The molecule has 30 heavy (non-hydrogen) atoms. The highest BCUT2D eigenvalue weighted by Crippen LogP contribution is 2.38. The van der Waals surface area contributed by atoms with Crippen LogP contribution in [0.15, 0.2) is 24.3 Å². The summed E-state index contributed by atoms with van der Waals surface area (Å²) in [5, 5.41) is 3.12. The molecule has 2 fully saturated rings. The molecule has 1 saturated heterocycles. The second kappa shape index (κ2) is 9.06. The number of para-hydroxylation sites is 2. The molecule has 164 valence electrons. The first kappa shape index (κ1) is 21.3. The number of aromatic nitrogens is 2. The lowest BCUT2D eigenvalue weighted by atomic mass is 9.77. The van der Waals surface area contributed by atoms with Crippen molar-refractivity contribution < 1.29 is 9.53 Å². The van der Waals surface area contributed by atoms with Gasteiger partial charge in [0.05, 0.1) is 29.7 Å². The summed E-state index contributed by atoms with van der Waals surface area (Å²) in [6, 6.07) is 8.62. The maximum absolute atomic E-state index is 11.6. The number of rotatable bonds is 7. The van der Waals surface area contributed by atoms with Crippen LogP contribution in [0.5, 0.6) is 0 Å². The fourth-order valence-electron chi connectivity index (χ4n) is 5.40. The van der Waals surface area contributed by atoms with E-state index in [-0.39, 0.29) is 18.1 Å². The maximum atomic E-state index is 11.6. The molecule has 2 aromatic rings. The zero-order chi connectivity index (χ0) is 21.3. The van der Waals surface area contributed by atoms with Crippen LogP contribution in [-0.4, -0.2) is 52.7 Å². The third-order valence-corrected chi connectivity index (χ3v) is 6.91. The molecule has 4 rings (SSSR count). The van der Waals surface area contributed by atoms with Gasteiger partial charge in [-0.3, -0.25) is 9.69 Å². The number of carbonyl (C=O) groups excluding carboxylic acids is 1. The largest absolute Gasteiger partial charge is 0.379 e. The number of hydrogen-bond donors (Lipinski definition) is 1. The lowest BCUT2D eigenvalue weighted by Crippen LogP contribution is -2.49. The van der Waals surface area contributed by atoms with Crippen molar-refractivity contribution in [3.05, 3.63) is 30.1 Å². The Morgan fingerprint density at radius 1 is 1.23 bits per heavy atom. The topological polar surface area (TPSA) is 59.4 Å². The standard InChI is InChI=1S/C24H36N4O2/c1-16(2)9-10-28-22-8-6-5-7-20(22)26-24(28)15-27-13-18-11-21(25-17(3)29)23(30-4)12-19(18)14-27/h5-8,16,18-19,21,23H,9-15H2,1-4H3,(H,25,29)/t18-,19+,21-,23-/m1/s1. The number of aryl methyl sites for hydroxylation is 1. The van der Waals surface area contributed by atoms with Gasteiger partial charge in [-0.2, -0.15) is 0 Å². The van der Waals surface area contributed by atoms with E-state index in [1.807, 2.05) is 0 Å². The molecule has 4 atom stereocenters. The monoisotopic (exact) mass is 412 g/mol. The van der Waals surface area contributed by atoms with Crippen LogP contribution >= 0.6 is 0 Å². The number of nitrogens with one attached hydrogen (secondary N) is 1. The van der Waals surface area contributed by atoms with Gasteiger partial charge in [-0.1, -0.05) is 26.0 Å². The van der Waals surface area contributed by atoms with E-state index in [1.54, 1.807) is 14.0 Å². The average molecular weight is 413 g/mol. The van der Waals surface area contributed by atoms with Crippen LogP contribution in [0.4, 0.5) is 0 Å². The Kier molecular flexibility index (Phi) is 6.44. The molecule has 1 aromatic heterocycles. The van der Waals surface area contributed by atoms with Crippen LogP contribution in [0.3, 0.4) is 0 Å². The number of fused-ring (bicyclic) bond motifs is 2. The van der Waals surface area contributed by atoms with Gasteiger partial charge < -0.3 is 14.6 Å². The first-order valence-electron chi connectivity index (χ1n) is 11.4. The number of methoxy groups -OCH3 is 1. The molecule has 2 heterocycles. The summed E-state index contributed by atoms with van der Waals surface area (Å²) < 4.78 is 8.16. The van der Waals surface area contributed by atoms with E-state index in [2.05, 4.69) is 52.9 Å². The predicted octanol–water partition coefficient (Wildman–Crippen LogP) is 3.44. The molecule has 1 saturated carbocycles. The molecule has 6 heteroatoms. The van der Waals surface area contributed by atoms with Gasteiger partial charge in [0.25, 0.3) is 0 Å². The summed E-state index contributed by atoms with van der Waals surface area (Å²) in [6.07, 6.45) is 3.30. The Morgan fingerprint density at radius 2 is 1.97 bits per heavy atom. The van der Waals surface area contributed by atoms with Gasteiger partial charge in [0.2, 0.25) is 5.91 Å². The van der Waals surface area contributed by atoms with Crippen molar-refractivity contribution in [1.29, 1.82) is 0 Å². The average Bonchev–Trinajstić information content (AvgIpc) is 3.25. The van der Waals surface area contributed by atoms with Gasteiger partial charge in [0, 0.05) is 33.7 Å². The van der Waals surface area contributed by atoms with Crippen molar-refractivity contribution in [2.24, 2.45) is 17.8 Å². The SMILES string of the molecule is CO[C@@H]1C[C@H]2CN(Cc3nc4ccccc4n3CCC(C)C)C[C@H]2C[C@H]1NC(C)=O. The highest BCUT2D eigenvalue weighted by atomic mass is 16.5. The number of ether oxygens (including phenoxy) is 1. The number of benzene rings is 1. The summed E-state index contributed by atoms with van der Waals surface area (Å²) in [5.74, 6) is 3.13. The van der Waals surface area contributed by atoms with Gasteiger partial charge >= 0.3 is 0 Å². The van der Waals surface area contributed by atoms with Crippen LogP contribution in [0.2, 0.25) is 0 Å². The molecule has 1 aromatic carbocycles. The van der Waals surface area contributed by atoms with Crippen LogP contribution in [0, 0.1) is 17.8 Å². The van der Waals surface area contributed by atoms with Crippen LogP contribution in [-0.2, 0) is 22.6 Å². The van der Waals surface area contributed by atoms with Gasteiger partial charge in [-0.25, -0.2) is 4.98 Å². The van der Waals surface area contributed by atoms with Crippen molar-refractivity contribution in [2.75, 3.05) is 20.2 Å². The molecule has 1 amide bonds. The lowest BCUT2D eigenvalue weighted by Gasteiger charge is -2.37. The van der Waals surface area contributed by atoms with E-state index in [0.29, 0.717) is 17.8 Å². The van der Waals surface area contributed by atoms with E-state index in [1.165, 1.54) is 11.3 Å². The van der Waals surface area contributed by atoms with Gasteiger partial charge in [-0.05, 0) is 49.1 Å². The highest BCUT2D eigenvalue weighted by Gasteiger charge is 2.42. The number of imidazole rings is 1. The quantitative estimate of drug-likeness (QED) is 0.757. The van der Waals surface area contributed by atoms with Crippen molar-refractivity contribution in [2.45, 2.75) is 65.3 Å². The van der Waals surface area contributed by atoms with E-state index in [0.717, 1.165) is 51.0 Å². The smallest absolute Gasteiger partial charge is 0.217 e. The fourth-order valence-corrected chi connectivity index (χ4v) is 5.40. The minimum Gasteiger partial charge on any atom is -0.379 e. The number of carbonyl (C=O) groups is 1. The highest BCUT2D eigenvalue weighted by molar-refractivity contribution is 5.76. The number of nitrogens with zero attached hydrogens (tertiary/aromatic N) is 3. The Balaban J connectivity index is 1.49. The fraction of sp³-hybridized carbons (Fsp3) is 0.667. The number of hydrogen-bond acceptors (Lipinski definition) is 4. The first-order valence-corrected chi connectivity index (χ1v) is 11.4. The second-order valence-electron chi connectivity index (χ2n) is 9.62. The molecular weight excluding hydrogens is 376 g/mol. The second-order valence-corrected chi connectivity index (χ2v) is 9.62. The third kappa shape index (κ3) is 4.54. The molecule has 0 bridgehead atoms. The third-order valence-electron chi connectivity index (χ3n) is 6.91. The van der Waals surface area contributed by atoms with Crippen molar-refractivity contribution in [1.82, 2.24) is 19.8 Å². The minimum atomic E-state index is 0.0363. The van der Waals surface area contributed by atoms with Crippen LogP contribution in [0.25, 0.3) is 11.0 Å². The Bertz CT molecular complexity index is 877. The molecule has 0 spiro atoms. The van der Waals surface area contributed by atoms with E-state index in [9.17, 15) is 4.79 Å². The number of amides is 1. The Labute approximate surface area is 180 Å². The summed E-state index contributed by atoms with van der Waals surface area (Å²) in [4.78, 5) is 19.2. The van der Waals surface area contributed by atoms with E-state index >= 15 is 0 Å². The van der Waals surface area contributed by atoms with Crippen LogP contribution < -0.4 is 5.32 Å². The van der Waals surface area contributed by atoms with Crippen molar-refractivity contribution >= 4 is 16.9 Å². The summed E-state index contributed by atoms with van der Waals surface area (Å²) in [7, 11) is 1.77. The Morgan fingerprint density at radius 3 is 2.67 bits per heavy atom. The Hall–Kier alpha value is -1.92. The van der Waals surface area contributed by atoms with Gasteiger partial charge in [0.15, 0.2) is 0 Å². The lowest BCUT2D eigenvalue weighted by molar-refractivity contribution is -0.121. The number of likely N-dealkylation sites (tertiary alicyclic amines) is 1. The molecule has 2 aliphatic rings. The van der Waals surface area contributed by atoms with Gasteiger partial charge in [0.1, 0.15) is 5.82 Å². The zero-order valence-electron chi connectivity index (χ0n) is 18.8. The van der Waals surface area contributed by atoms with E-state index < -0.39 is 0 Å². The molecule has 1 aliphatic carbocycles. The summed E-state index contributed by atoms with van der Waals surface area (Å²) >= 11 is 0. The molecule has 6 nitrogen and oxygen atoms in total.